The van der Waals surface area contributed by atoms with E-state index in [1.54, 1.807) is 25.3 Å². The maximum Gasteiger partial charge on any atom is 0.124 e. The van der Waals surface area contributed by atoms with Crippen molar-refractivity contribution < 1.29 is 4.74 Å². The molecule has 1 heterocycles. The molecule has 0 saturated heterocycles. The molecule has 3 N–H and O–H groups in total. The van der Waals surface area contributed by atoms with Gasteiger partial charge in [-0.15, -0.1) is 0 Å². The van der Waals surface area contributed by atoms with Crippen molar-refractivity contribution in [1.82, 2.24) is 10.4 Å². The summed E-state index contributed by atoms with van der Waals surface area (Å²) in [6.45, 7) is 4.57. The second-order valence-electron chi connectivity index (χ2n) is 4.58. The molecule has 0 saturated carbocycles. The zero-order valence-electron chi connectivity index (χ0n) is 12.7. The van der Waals surface area contributed by atoms with Gasteiger partial charge in [0, 0.05) is 29.3 Å². The summed E-state index contributed by atoms with van der Waals surface area (Å²) in [6, 6.07) is 9.89. The number of hydrazine groups is 1. The minimum atomic E-state index is 0.652. The maximum absolute atomic E-state index is 5.50. The van der Waals surface area contributed by atoms with Crippen LogP contribution in [-0.4, -0.2) is 18.3 Å². The Balaban J connectivity index is 2.26. The van der Waals surface area contributed by atoms with Crippen LogP contribution in [-0.2, 0) is 6.54 Å². The van der Waals surface area contributed by atoms with Gasteiger partial charge in [0.25, 0.3) is 0 Å². The van der Waals surface area contributed by atoms with Gasteiger partial charge in [-0.1, -0.05) is 30.7 Å². The number of aromatic nitrogens is 1. The van der Waals surface area contributed by atoms with Gasteiger partial charge < -0.3 is 14.5 Å². The van der Waals surface area contributed by atoms with E-state index in [9.17, 15) is 0 Å². The highest BCUT2D eigenvalue weighted by atomic mass is 32.2. The predicted molar refractivity (Wildman–Crippen MR) is 93.3 cm³/mol. The van der Waals surface area contributed by atoms with Crippen LogP contribution in [0.3, 0.4) is 0 Å². The fourth-order valence-corrected chi connectivity index (χ4v) is 2.65. The number of methoxy groups -OCH3 is 1. The van der Waals surface area contributed by atoms with E-state index >= 15 is 0 Å². The molecule has 0 atom stereocenters. The van der Waals surface area contributed by atoms with Gasteiger partial charge in [-0.25, -0.2) is 0 Å². The molecule has 22 heavy (non-hydrogen) atoms. The molecular weight excluding hydrogens is 296 g/mol. The zero-order valence-corrected chi connectivity index (χ0v) is 13.6. The lowest BCUT2D eigenvalue weighted by molar-refractivity contribution is 0.410. The Kier molecular flexibility index (Phi) is 5.68. The average molecular weight is 316 g/mol. The molecule has 2 rings (SSSR count). The van der Waals surface area contributed by atoms with Crippen molar-refractivity contribution >= 4 is 23.3 Å². The first kappa shape index (κ1) is 16.2. The summed E-state index contributed by atoms with van der Waals surface area (Å²) in [5.41, 5.74) is 6.24. The molecule has 6 heteroatoms. The number of hydrogen-bond donors (Lipinski definition) is 2. The van der Waals surface area contributed by atoms with Crippen LogP contribution >= 0.6 is 11.9 Å². The summed E-state index contributed by atoms with van der Waals surface area (Å²) in [5, 5.41) is 0. The predicted octanol–water partition coefficient (Wildman–Crippen LogP) is 2.81. The second kappa shape index (κ2) is 7.72. The molecule has 2 aromatic rings. The summed E-state index contributed by atoms with van der Waals surface area (Å²) in [4.78, 5) is 4.17. The van der Waals surface area contributed by atoms with Crippen LogP contribution in [0.15, 0.2) is 49.3 Å². The van der Waals surface area contributed by atoms with Gasteiger partial charge in [-0.05, 0) is 18.2 Å². The molecule has 5 nitrogen and oxygen atoms in total. The number of anilines is 1. The van der Waals surface area contributed by atoms with Crippen LogP contribution in [0.5, 0.6) is 5.75 Å². The molecule has 0 spiro atoms. The Morgan fingerprint density at radius 1 is 1.45 bits per heavy atom. The fourth-order valence-electron chi connectivity index (χ4n) is 2.06. The number of pyridine rings is 1. The van der Waals surface area contributed by atoms with Crippen molar-refractivity contribution in [1.29, 1.82) is 0 Å². The first-order chi connectivity index (χ1) is 10.7. The van der Waals surface area contributed by atoms with E-state index in [-0.39, 0.29) is 0 Å². The van der Waals surface area contributed by atoms with Gasteiger partial charge in [0.2, 0.25) is 0 Å². The largest absolute Gasteiger partial charge is 0.496 e. The monoisotopic (exact) mass is 316 g/mol. The van der Waals surface area contributed by atoms with Crippen molar-refractivity contribution in [2.45, 2.75) is 6.54 Å². The van der Waals surface area contributed by atoms with Crippen LogP contribution in [0.1, 0.15) is 11.1 Å². The number of nitrogens with one attached hydrogen (secondary N) is 1. The van der Waals surface area contributed by atoms with Crippen molar-refractivity contribution in [2.24, 2.45) is 5.84 Å². The van der Waals surface area contributed by atoms with Crippen LogP contribution in [0.25, 0.3) is 5.70 Å². The SMILES string of the molecule is C=C(NN)c1ccc(CN(SC)c2cccnc2)c(OC)c1. The number of nitrogens with two attached hydrogens (primary N) is 1. The minimum absolute atomic E-state index is 0.652. The number of rotatable bonds is 7. The summed E-state index contributed by atoms with van der Waals surface area (Å²) in [6.07, 6.45) is 5.65. The fraction of sp³-hybridized carbons (Fsp3) is 0.188. The lowest BCUT2D eigenvalue weighted by Gasteiger charge is -2.22. The van der Waals surface area contributed by atoms with Crippen molar-refractivity contribution in [3.8, 4) is 5.75 Å². The van der Waals surface area contributed by atoms with Crippen LogP contribution in [0.2, 0.25) is 0 Å². The molecule has 0 amide bonds. The number of nitrogens with zero attached hydrogens (tertiary/aromatic N) is 2. The summed E-state index contributed by atoms with van der Waals surface area (Å²) >= 11 is 1.64. The Morgan fingerprint density at radius 3 is 2.86 bits per heavy atom. The van der Waals surface area contributed by atoms with E-state index in [0.29, 0.717) is 12.2 Å². The molecule has 0 fully saturated rings. The van der Waals surface area contributed by atoms with E-state index in [4.69, 9.17) is 10.6 Å². The summed E-state index contributed by atoms with van der Waals surface area (Å²) < 4.78 is 7.65. The van der Waals surface area contributed by atoms with E-state index in [1.807, 2.05) is 42.8 Å². The normalized spacial score (nSPS) is 10.1. The van der Waals surface area contributed by atoms with Crippen molar-refractivity contribution in [3.63, 3.8) is 0 Å². The number of ether oxygens (including phenoxy) is 1. The molecule has 0 bridgehead atoms. The Bertz CT molecular complexity index is 633. The van der Waals surface area contributed by atoms with Gasteiger partial charge >= 0.3 is 0 Å². The van der Waals surface area contributed by atoms with Crippen LogP contribution in [0, 0.1) is 0 Å². The third-order valence-electron chi connectivity index (χ3n) is 3.28. The molecule has 0 aliphatic carbocycles. The van der Waals surface area contributed by atoms with E-state index in [0.717, 1.165) is 22.6 Å². The Morgan fingerprint density at radius 2 is 2.27 bits per heavy atom. The number of hydrogen-bond acceptors (Lipinski definition) is 6. The average Bonchev–Trinajstić information content (AvgIpc) is 2.59. The quantitative estimate of drug-likeness (QED) is 0.465. The van der Waals surface area contributed by atoms with Gasteiger partial charge in [0.15, 0.2) is 0 Å². The lowest BCUT2D eigenvalue weighted by Crippen LogP contribution is -2.19. The third-order valence-corrected chi connectivity index (χ3v) is 4.06. The topological polar surface area (TPSA) is 63.4 Å². The molecule has 1 aromatic heterocycles. The van der Waals surface area contributed by atoms with E-state index < -0.39 is 0 Å². The highest BCUT2D eigenvalue weighted by Gasteiger charge is 2.11. The van der Waals surface area contributed by atoms with Gasteiger partial charge in [0.05, 0.1) is 25.5 Å². The van der Waals surface area contributed by atoms with E-state index in [2.05, 4.69) is 21.3 Å². The molecule has 0 radical (unpaired) electrons. The third kappa shape index (κ3) is 3.72. The van der Waals surface area contributed by atoms with Crippen molar-refractivity contribution in [2.75, 3.05) is 17.7 Å². The Labute approximate surface area is 135 Å². The molecule has 116 valence electrons. The first-order valence-corrected chi connectivity index (χ1v) is 7.92. The standard InChI is InChI=1S/C16H20N4OS/c1-12(19-17)13-6-7-14(16(9-13)21-2)11-20(22-3)15-5-4-8-18-10-15/h4-10,19H,1,11,17H2,2-3H3. The highest BCUT2D eigenvalue weighted by molar-refractivity contribution is 7.99. The molecule has 0 unspecified atom stereocenters. The number of benzene rings is 1. The minimum Gasteiger partial charge on any atom is -0.496 e. The van der Waals surface area contributed by atoms with Gasteiger partial charge in [-0.3, -0.25) is 10.8 Å². The summed E-state index contributed by atoms with van der Waals surface area (Å²) in [7, 11) is 1.66. The molecule has 0 aliphatic heterocycles. The lowest BCUT2D eigenvalue weighted by atomic mass is 10.1. The zero-order chi connectivity index (χ0) is 15.9. The highest BCUT2D eigenvalue weighted by Crippen LogP contribution is 2.28. The van der Waals surface area contributed by atoms with Gasteiger partial charge in [0.1, 0.15) is 5.75 Å². The van der Waals surface area contributed by atoms with E-state index in [1.165, 1.54) is 0 Å². The first-order valence-electron chi connectivity index (χ1n) is 6.74. The van der Waals surface area contributed by atoms with Crippen molar-refractivity contribution in [3.05, 3.63) is 60.4 Å². The smallest absolute Gasteiger partial charge is 0.124 e. The molecular formula is C16H20N4OS. The maximum atomic E-state index is 5.50. The molecule has 1 aromatic carbocycles. The molecule has 0 aliphatic rings. The second-order valence-corrected chi connectivity index (χ2v) is 5.39. The van der Waals surface area contributed by atoms with Gasteiger partial charge in [-0.2, -0.15) is 0 Å². The van der Waals surface area contributed by atoms with Crippen LogP contribution < -0.4 is 20.3 Å². The van der Waals surface area contributed by atoms with Crippen LogP contribution in [0.4, 0.5) is 5.69 Å². The summed E-state index contributed by atoms with van der Waals surface area (Å²) in [5.74, 6) is 6.21. The Hall–Kier alpha value is -2.18.